The van der Waals surface area contributed by atoms with Gasteiger partial charge in [-0.05, 0) is 11.1 Å². The highest BCUT2D eigenvalue weighted by atomic mass is 16.3. The molecule has 0 aliphatic carbocycles. The zero-order valence-electron chi connectivity index (χ0n) is 13.4. The van der Waals surface area contributed by atoms with E-state index in [1.54, 1.807) is 4.90 Å². The molecule has 0 saturated carbocycles. The monoisotopic (exact) mass is 319 g/mol. The zero-order chi connectivity index (χ0) is 16.2. The normalized spacial score (nSPS) is 22.9. The van der Waals surface area contributed by atoms with Crippen LogP contribution in [0.5, 0.6) is 0 Å². The molecule has 1 saturated heterocycles. The number of hydrogen-bond donors (Lipinski definition) is 2. The number of nitrogens with zero attached hydrogens (tertiary/aromatic N) is 3. The summed E-state index contributed by atoms with van der Waals surface area (Å²) in [6, 6.07) is 8.29. The highest BCUT2D eigenvalue weighted by Gasteiger charge is 2.27. The van der Waals surface area contributed by atoms with E-state index >= 15 is 0 Å². The standard InChI is InChI=1S/C17H25N3O3/c21-8-7-18-5-6-20(12-16(22)11-18)17(23)13-19-9-14-3-1-2-4-15(14)10-19/h1-4,16,21-22H,5-13H2/t16-/m1/s1. The summed E-state index contributed by atoms with van der Waals surface area (Å²) in [5.41, 5.74) is 2.59. The van der Waals surface area contributed by atoms with Crippen LogP contribution in [0.15, 0.2) is 24.3 Å². The SMILES string of the molecule is O=C(CN1Cc2ccccc2C1)N1CCN(CCO)C[C@@H](O)C1. The Morgan fingerprint density at radius 3 is 2.43 bits per heavy atom. The van der Waals surface area contributed by atoms with Gasteiger partial charge in [0, 0.05) is 45.8 Å². The van der Waals surface area contributed by atoms with Crippen LogP contribution in [0.4, 0.5) is 0 Å². The van der Waals surface area contributed by atoms with Crippen LogP contribution in [0.3, 0.4) is 0 Å². The third kappa shape index (κ3) is 4.09. The lowest BCUT2D eigenvalue weighted by molar-refractivity contribution is -0.133. The smallest absolute Gasteiger partial charge is 0.236 e. The van der Waals surface area contributed by atoms with E-state index in [4.69, 9.17) is 5.11 Å². The Bertz CT molecular complexity index is 527. The van der Waals surface area contributed by atoms with Crippen LogP contribution >= 0.6 is 0 Å². The van der Waals surface area contributed by atoms with Crippen molar-refractivity contribution in [2.75, 3.05) is 45.9 Å². The molecule has 6 nitrogen and oxygen atoms in total. The van der Waals surface area contributed by atoms with E-state index in [1.807, 2.05) is 17.0 Å². The highest BCUT2D eigenvalue weighted by molar-refractivity contribution is 5.78. The van der Waals surface area contributed by atoms with Gasteiger partial charge in [-0.25, -0.2) is 0 Å². The van der Waals surface area contributed by atoms with Gasteiger partial charge in [0.05, 0.1) is 19.3 Å². The predicted octanol–water partition coefficient (Wildman–Crippen LogP) is -0.500. The number of benzene rings is 1. The number of amides is 1. The Labute approximate surface area is 136 Å². The molecule has 2 N–H and O–H groups in total. The van der Waals surface area contributed by atoms with Crippen LogP contribution in [-0.4, -0.2) is 82.8 Å². The maximum Gasteiger partial charge on any atom is 0.236 e. The fourth-order valence-corrected chi connectivity index (χ4v) is 3.43. The van der Waals surface area contributed by atoms with Crippen LogP contribution in [-0.2, 0) is 17.9 Å². The minimum atomic E-state index is -0.552. The van der Waals surface area contributed by atoms with Crippen molar-refractivity contribution in [2.45, 2.75) is 19.2 Å². The summed E-state index contributed by atoms with van der Waals surface area (Å²) in [5, 5.41) is 19.1. The summed E-state index contributed by atoms with van der Waals surface area (Å²) in [7, 11) is 0. The maximum atomic E-state index is 12.6. The molecule has 0 aromatic heterocycles. The van der Waals surface area contributed by atoms with Gasteiger partial charge in [-0.3, -0.25) is 14.6 Å². The zero-order valence-corrected chi connectivity index (χ0v) is 13.4. The van der Waals surface area contributed by atoms with Gasteiger partial charge in [-0.15, -0.1) is 0 Å². The fourth-order valence-electron chi connectivity index (χ4n) is 3.43. The van der Waals surface area contributed by atoms with Crippen LogP contribution in [0, 0.1) is 0 Å². The van der Waals surface area contributed by atoms with E-state index in [-0.39, 0.29) is 12.5 Å². The summed E-state index contributed by atoms with van der Waals surface area (Å²) in [6.07, 6.45) is -0.552. The summed E-state index contributed by atoms with van der Waals surface area (Å²) in [5.74, 6) is 0.0719. The van der Waals surface area contributed by atoms with Gasteiger partial charge >= 0.3 is 0 Å². The van der Waals surface area contributed by atoms with E-state index in [0.717, 1.165) is 13.1 Å². The molecule has 126 valence electrons. The molecule has 1 aromatic rings. The molecule has 6 heteroatoms. The van der Waals surface area contributed by atoms with Crippen molar-refractivity contribution in [3.63, 3.8) is 0 Å². The van der Waals surface area contributed by atoms with Crippen molar-refractivity contribution >= 4 is 5.91 Å². The number of carbonyl (C=O) groups is 1. The summed E-state index contributed by atoms with van der Waals surface area (Å²) < 4.78 is 0. The van der Waals surface area contributed by atoms with Crippen LogP contribution < -0.4 is 0 Å². The van der Waals surface area contributed by atoms with Crippen molar-refractivity contribution in [1.29, 1.82) is 0 Å². The number of fused-ring (bicyclic) bond motifs is 1. The van der Waals surface area contributed by atoms with E-state index in [1.165, 1.54) is 11.1 Å². The second-order valence-electron chi connectivity index (χ2n) is 6.43. The molecule has 0 unspecified atom stereocenters. The number of aliphatic hydroxyl groups excluding tert-OH is 2. The first-order chi connectivity index (χ1) is 11.2. The molecular weight excluding hydrogens is 294 g/mol. The lowest BCUT2D eigenvalue weighted by Gasteiger charge is -2.24. The Hall–Kier alpha value is -1.47. The quantitative estimate of drug-likeness (QED) is 0.783. The lowest BCUT2D eigenvalue weighted by Crippen LogP contribution is -2.42. The largest absolute Gasteiger partial charge is 0.395 e. The molecule has 1 atom stereocenters. The van der Waals surface area contributed by atoms with Crippen LogP contribution in [0.1, 0.15) is 11.1 Å². The molecule has 2 heterocycles. The molecular formula is C17H25N3O3. The Morgan fingerprint density at radius 2 is 1.78 bits per heavy atom. The summed E-state index contributed by atoms with van der Waals surface area (Å²) in [6.45, 7) is 4.83. The fraction of sp³-hybridized carbons (Fsp3) is 0.588. The number of hydrogen-bond acceptors (Lipinski definition) is 5. The van der Waals surface area contributed by atoms with Gasteiger partial charge in [-0.2, -0.15) is 0 Å². The maximum absolute atomic E-state index is 12.6. The van der Waals surface area contributed by atoms with Crippen molar-refractivity contribution in [2.24, 2.45) is 0 Å². The molecule has 1 amide bonds. The Kier molecular flexibility index (Phi) is 5.27. The van der Waals surface area contributed by atoms with Gasteiger partial charge in [0.25, 0.3) is 0 Å². The number of rotatable bonds is 4. The Balaban J connectivity index is 1.54. The van der Waals surface area contributed by atoms with Crippen LogP contribution in [0.2, 0.25) is 0 Å². The van der Waals surface area contributed by atoms with Gasteiger partial charge in [-0.1, -0.05) is 24.3 Å². The second kappa shape index (κ2) is 7.40. The number of carbonyl (C=O) groups excluding carboxylic acids is 1. The molecule has 1 fully saturated rings. The van der Waals surface area contributed by atoms with Gasteiger partial charge in [0.15, 0.2) is 0 Å². The van der Waals surface area contributed by atoms with Gasteiger partial charge in [0.1, 0.15) is 0 Å². The predicted molar refractivity (Wildman–Crippen MR) is 86.7 cm³/mol. The first kappa shape index (κ1) is 16.4. The Morgan fingerprint density at radius 1 is 1.09 bits per heavy atom. The van der Waals surface area contributed by atoms with Crippen molar-refractivity contribution in [1.82, 2.24) is 14.7 Å². The topological polar surface area (TPSA) is 67.3 Å². The summed E-state index contributed by atoms with van der Waals surface area (Å²) in [4.78, 5) is 18.5. The third-order valence-electron chi connectivity index (χ3n) is 4.62. The molecule has 2 aliphatic heterocycles. The molecule has 3 rings (SSSR count). The molecule has 0 spiro atoms. The first-order valence-corrected chi connectivity index (χ1v) is 8.24. The van der Waals surface area contributed by atoms with Gasteiger partial charge < -0.3 is 15.1 Å². The molecule has 0 bridgehead atoms. The minimum absolute atomic E-state index is 0.0719. The lowest BCUT2D eigenvalue weighted by atomic mass is 10.1. The summed E-state index contributed by atoms with van der Waals surface area (Å²) >= 11 is 0. The molecule has 1 aromatic carbocycles. The third-order valence-corrected chi connectivity index (χ3v) is 4.62. The van der Waals surface area contributed by atoms with E-state index in [9.17, 15) is 9.90 Å². The average molecular weight is 319 g/mol. The van der Waals surface area contributed by atoms with E-state index in [0.29, 0.717) is 39.3 Å². The van der Waals surface area contributed by atoms with Crippen molar-refractivity contribution < 1.29 is 15.0 Å². The molecule has 23 heavy (non-hydrogen) atoms. The van der Waals surface area contributed by atoms with Crippen molar-refractivity contribution in [3.8, 4) is 0 Å². The van der Waals surface area contributed by atoms with E-state index < -0.39 is 6.10 Å². The molecule has 0 radical (unpaired) electrons. The average Bonchev–Trinajstić information content (AvgIpc) is 2.83. The first-order valence-electron chi connectivity index (χ1n) is 8.24. The minimum Gasteiger partial charge on any atom is -0.395 e. The number of aliphatic hydroxyl groups is 2. The number of β-amino-alcohol motifs (C(OH)–C–C–N with tert-alkyl or cyclic N) is 2. The van der Waals surface area contributed by atoms with Gasteiger partial charge in [0.2, 0.25) is 5.91 Å². The van der Waals surface area contributed by atoms with Crippen molar-refractivity contribution in [3.05, 3.63) is 35.4 Å². The van der Waals surface area contributed by atoms with E-state index in [2.05, 4.69) is 17.0 Å². The second-order valence-corrected chi connectivity index (χ2v) is 6.43. The molecule has 2 aliphatic rings. The van der Waals surface area contributed by atoms with Crippen LogP contribution in [0.25, 0.3) is 0 Å². The highest BCUT2D eigenvalue weighted by Crippen LogP contribution is 2.22.